The predicted molar refractivity (Wildman–Crippen MR) is 102 cm³/mol. The van der Waals surface area contributed by atoms with Crippen LogP contribution >= 0.6 is 11.3 Å². The van der Waals surface area contributed by atoms with Gasteiger partial charge in [-0.1, -0.05) is 41.4 Å². The Kier molecular flexibility index (Phi) is 4.09. The molecule has 0 amide bonds. The molecule has 0 saturated carbocycles. The lowest BCUT2D eigenvalue weighted by Gasteiger charge is -2.11. The SMILES string of the molecule is O=C(O)c1cc(Nc2nc(O)c(/C=C3\C=Nc4ccccc43)s2)ccc1[O-]. The Labute approximate surface area is 157 Å². The molecule has 0 atom stereocenters. The van der Waals surface area contributed by atoms with E-state index in [2.05, 4.69) is 15.3 Å². The number of aromatic hydroxyl groups is 1. The van der Waals surface area contributed by atoms with Crippen molar-refractivity contribution in [2.24, 2.45) is 4.99 Å². The summed E-state index contributed by atoms with van der Waals surface area (Å²) in [6, 6.07) is 11.6. The smallest absolute Gasteiger partial charge is 0.335 e. The predicted octanol–water partition coefficient (Wildman–Crippen LogP) is 3.62. The van der Waals surface area contributed by atoms with E-state index in [9.17, 15) is 15.0 Å². The van der Waals surface area contributed by atoms with E-state index in [1.165, 1.54) is 29.5 Å². The number of fused-ring (bicyclic) bond motifs is 1. The van der Waals surface area contributed by atoms with E-state index in [4.69, 9.17) is 5.11 Å². The zero-order chi connectivity index (χ0) is 19.0. The van der Waals surface area contributed by atoms with Gasteiger partial charge in [-0.05, 0) is 24.3 Å². The van der Waals surface area contributed by atoms with Crippen LogP contribution in [0.5, 0.6) is 11.6 Å². The average Bonchev–Trinajstić information content (AvgIpc) is 3.20. The summed E-state index contributed by atoms with van der Waals surface area (Å²) in [5, 5.41) is 34.0. The first-order chi connectivity index (χ1) is 13.0. The van der Waals surface area contributed by atoms with Gasteiger partial charge in [0.15, 0.2) is 5.13 Å². The fourth-order valence-corrected chi connectivity index (χ4v) is 3.50. The van der Waals surface area contributed by atoms with Gasteiger partial charge < -0.3 is 20.6 Å². The molecule has 0 fully saturated rings. The van der Waals surface area contributed by atoms with Crippen LogP contribution in [0.1, 0.15) is 20.8 Å². The van der Waals surface area contributed by atoms with Crippen LogP contribution in [0.2, 0.25) is 0 Å². The summed E-state index contributed by atoms with van der Waals surface area (Å²) in [5.41, 5.74) is 2.76. The van der Waals surface area contributed by atoms with Crippen molar-refractivity contribution in [1.82, 2.24) is 4.98 Å². The van der Waals surface area contributed by atoms with Gasteiger partial charge in [-0.3, -0.25) is 4.99 Å². The van der Waals surface area contributed by atoms with Crippen molar-refractivity contribution >= 4 is 51.7 Å². The summed E-state index contributed by atoms with van der Waals surface area (Å²) < 4.78 is 0. The monoisotopic (exact) mass is 378 g/mol. The second-order valence-electron chi connectivity index (χ2n) is 5.72. The topological polar surface area (TPSA) is 118 Å². The summed E-state index contributed by atoms with van der Waals surface area (Å²) in [6.45, 7) is 0. The molecule has 0 bridgehead atoms. The summed E-state index contributed by atoms with van der Waals surface area (Å²) in [7, 11) is 0. The maximum absolute atomic E-state index is 11.5. The van der Waals surface area contributed by atoms with Crippen molar-refractivity contribution in [1.29, 1.82) is 0 Å². The first kappa shape index (κ1) is 16.8. The molecule has 8 heteroatoms. The highest BCUT2D eigenvalue weighted by atomic mass is 32.1. The van der Waals surface area contributed by atoms with Gasteiger partial charge in [-0.15, -0.1) is 0 Å². The van der Waals surface area contributed by atoms with Gasteiger partial charge in [-0.25, -0.2) is 4.79 Å². The highest BCUT2D eigenvalue weighted by molar-refractivity contribution is 7.16. The molecule has 134 valence electrons. The van der Waals surface area contributed by atoms with Gasteiger partial charge in [0.1, 0.15) is 0 Å². The molecular weight excluding hydrogens is 366 g/mol. The number of aromatic carboxylic acids is 1. The molecule has 7 nitrogen and oxygen atoms in total. The molecule has 0 radical (unpaired) electrons. The molecule has 0 saturated heterocycles. The molecule has 1 aromatic heterocycles. The minimum absolute atomic E-state index is 0.147. The number of carboxylic acid groups (broad SMARTS) is 1. The fourth-order valence-electron chi connectivity index (χ4n) is 2.66. The van der Waals surface area contributed by atoms with Crippen LogP contribution in [-0.2, 0) is 0 Å². The number of carbonyl (C=O) groups is 1. The molecule has 0 aliphatic carbocycles. The Balaban J connectivity index is 1.62. The van der Waals surface area contributed by atoms with Crippen LogP contribution in [0.3, 0.4) is 0 Å². The fraction of sp³-hybridized carbons (Fsp3) is 0. The van der Waals surface area contributed by atoms with Crippen molar-refractivity contribution in [3.8, 4) is 11.6 Å². The van der Waals surface area contributed by atoms with E-state index >= 15 is 0 Å². The minimum Gasteiger partial charge on any atom is -0.872 e. The number of rotatable bonds is 4. The molecule has 0 spiro atoms. The standard InChI is InChI=1S/C19H13N3O4S/c23-15-6-5-11(8-13(15)18(25)26)21-19-22-17(24)16(27-19)7-10-9-20-14-4-2-1-3-12(10)14/h1-9,23-24H,(H,21,22)(H,25,26)/p-1/b10-7+. The van der Waals surface area contributed by atoms with E-state index in [-0.39, 0.29) is 11.4 Å². The van der Waals surface area contributed by atoms with Gasteiger partial charge >= 0.3 is 5.97 Å². The van der Waals surface area contributed by atoms with Crippen LogP contribution in [0.15, 0.2) is 47.5 Å². The third-order valence-electron chi connectivity index (χ3n) is 3.94. The van der Waals surface area contributed by atoms with Crippen molar-refractivity contribution in [2.75, 3.05) is 5.32 Å². The number of carboxylic acids is 1. The minimum atomic E-state index is -1.30. The molecule has 1 aliphatic heterocycles. The van der Waals surface area contributed by atoms with E-state index in [1.807, 2.05) is 24.3 Å². The van der Waals surface area contributed by atoms with Crippen LogP contribution in [0.25, 0.3) is 11.6 Å². The zero-order valence-electron chi connectivity index (χ0n) is 13.7. The number of benzene rings is 2. The summed E-state index contributed by atoms with van der Waals surface area (Å²) in [5.74, 6) is -2.01. The maximum Gasteiger partial charge on any atom is 0.335 e. The molecule has 3 N–H and O–H groups in total. The maximum atomic E-state index is 11.5. The normalized spacial score (nSPS) is 13.7. The number of para-hydroxylation sites is 1. The molecule has 1 aliphatic rings. The second kappa shape index (κ2) is 6.58. The second-order valence-corrected chi connectivity index (χ2v) is 6.75. The largest absolute Gasteiger partial charge is 0.872 e. The molecule has 4 rings (SSSR count). The van der Waals surface area contributed by atoms with E-state index in [1.54, 1.807) is 12.3 Å². The lowest BCUT2D eigenvalue weighted by atomic mass is 10.1. The number of anilines is 2. The van der Waals surface area contributed by atoms with Gasteiger partial charge in [0.25, 0.3) is 0 Å². The Hall–Kier alpha value is -3.65. The van der Waals surface area contributed by atoms with Crippen LogP contribution in [0.4, 0.5) is 16.5 Å². The van der Waals surface area contributed by atoms with Crippen LogP contribution < -0.4 is 10.4 Å². The van der Waals surface area contributed by atoms with Crippen molar-refractivity contribution in [3.63, 3.8) is 0 Å². The third kappa shape index (κ3) is 3.25. The van der Waals surface area contributed by atoms with Crippen molar-refractivity contribution in [2.45, 2.75) is 0 Å². The molecule has 27 heavy (non-hydrogen) atoms. The number of thiazole rings is 1. The molecule has 2 aromatic carbocycles. The lowest BCUT2D eigenvalue weighted by molar-refractivity contribution is -0.268. The number of nitrogens with one attached hydrogen (secondary N) is 1. The van der Waals surface area contributed by atoms with Gasteiger partial charge in [0.2, 0.25) is 5.88 Å². The number of hydrogen-bond donors (Lipinski definition) is 3. The zero-order valence-corrected chi connectivity index (χ0v) is 14.5. The molecule has 2 heterocycles. The molecule has 3 aromatic rings. The highest BCUT2D eigenvalue weighted by Crippen LogP contribution is 2.37. The Morgan fingerprint density at radius 3 is 2.85 bits per heavy atom. The lowest BCUT2D eigenvalue weighted by Crippen LogP contribution is -2.04. The Morgan fingerprint density at radius 2 is 2.04 bits per heavy atom. The number of allylic oxidation sites excluding steroid dienone is 1. The van der Waals surface area contributed by atoms with E-state index < -0.39 is 11.7 Å². The van der Waals surface area contributed by atoms with Crippen LogP contribution in [0, 0.1) is 0 Å². The summed E-state index contributed by atoms with van der Waals surface area (Å²) in [4.78, 5) is 20.0. The van der Waals surface area contributed by atoms with E-state index in [0.717, 1.165) is 16.8 Å². The first-order valence-electron chi connectivity index (χ1n) is 7.87. The quantitative estimate of drug-likeness (QED) is 0.638. The van der Waals surface area contributed by atoms with Gasteiger partial charge in [0, 0.05) is 23.0 Å². The van der Waals surface area contributed by atoms with E-state index in [0.29, 0.717) is 15.7 Å². The summed E-state index contributed by atoms with van der Waals surface area (Å²) in [6.07, 6.45) is 3.51. The molecule has 0 unspecified atom stereocenters. The number of aromatic nitrogens is 1. The first-order valence-corrected chi connectivity index (χ1v) is 8.69. The number of nitrogens with zero attached hydrogens (tertiary/aromatic N) is 2. The van der Waals surface area contributed by atoms with Crippen LogP contribution in [-0.4, -0.2) is 27.4 Å². The Bertz CT molecular complexity index is 1120. The highest BCUT2D eigenvalue weighted by Gasteiger charge is 2.15. The number of aliphatic imine (C=N–C) groups is 1. The average molecular weight is 378 g/mol. The third-order valence-corrected chi connectivity index (χ3v) is 4.85. The van der Waals surface area contributed by atoms with Gasteiger partial charge in [0.05, 0.1) is 16.1 Å². The van der Waals surface area contributed by atoms with Crippen molar-refractivity contribution < 1.29 is 20.1 Å². The number of hydrogen-bond acceptors (Lipinski definition) is 7. The molecular formula is C19H12N3O4S-. The Morgan fingerprint density at radius 1 is 1.22 bits per heavy atom. The van der Waals surface area contributed by atoms with Crippen molar-refractivity contribution in [3.05, 3.63) is 58.5 Å². The summed E-state index contributed by atoms with van der Waals surface area (Å²) >= 11 is 1.20. The van der Waals surface area contributed by atoms with Gasteiger partial charge in [-0.2, -0.15) is 4.98 Å².